The van der Waals surface area contributed by atoms with E-state index in [9.17, 15) is 14.4 Å². The molecule has 6 nitrogen and oxygen atoms in total. The first-order valence-corrected chi connectivity index (χ1v) is 8.30. The van der Waals surface area contributed by atoms with Crippen LogP contribution in [0.3, 0.4) is 0 Å². The SMILES string of the molecule is COC(=O)c1ccc(N(CCNC(=O)c2cccc(Cl)c2)C(C)=O)cc1. The molecule has 0 unspecified atom stereocenters. The van der Waals surface area contributed by atoms with Gasteiger partial charge in [-0.05, 0) is 42.5 Å². The van der Waals surface area contributed by atoms with E-state index in [1.807, 2.05) is 0 Å². The molecule has 2 aromatic rings. The Morgan fingerprint density at radius 1 is 1.08 bits per heavy atom. The van der Waals surface area contributed by atoms with Crippen molar-refractivity contribution >= 4 is 35.1 Å². The van der Waals surface area contributed by atoms with E-state index in [1.165, 1.54) is 18.9 Å². The monoisotopic (exact) mass is 374 g/mol. The average molecular weight is 375 g/mol. The zero-order chi connectivity index (χ0) is 19.1. The lowest BCUT2D eigenvalue weighted by Crippen LogP contribution is -2.37. The molecule has 26 heavy (non-hydrogen) atoms. The van der Waals surface area contributed by atoms with Crippen molar-refractivity contribution in [3.63, 3.8) is 0 Å². The number of benzene rings is 2. The van der Waals surface area contributed by atoms with E-state index in [0.29, 0.717) is 28.4 Å². The lowest BCUT2D eigenvalue weighted by Gasteiger charge is -2.21. The van der Waals surface area contributed by atoms with Crippen molar-refractivity contribution in [3.05, 3.63) is 64.7 Å². The molecule has 0 bridgehead atoms. The number of carbonyl (C=O) groups is 3. The molecule has 0 radical (unpaired) electrons. The standard InChI is InChI=1S/C19H19ClN2O4/c1-13(23)22(17-8-6-14(7-9-17)19(25)26-2)11-10-21-18(24)15-4-3-5-16(20)12-15/h3-9,12H,10-11H2,1-2H3,(H,21,24). The zero-order valence-corrected chi connectivity index (χ0v) is 15.2. The lowest BCUT2D eigenvalue weighted by molar-refractivity contribution is -0.116. The molecule has 1 N–H and O–H groups in total. The third-order valence-corrected chi connectivity index (χ3v) is 3.92. The van der Waals surface area contributed by atoms with E-state index in [2.05, 4.69) is 10.1 Å². The fourth-order valence-corrected chi connectivity index (χ4v) is 2.57. The molecular weight excluding hydrogens is 356 g/mol. The summed E-state index contributed by atoms with van der Waals surface area (Å²) < 4.78 is 4.65. The third kappa shape index (κ3) is 5.07. The molecule has 0 atom stereocenters. The van der Waals surface area contributed by atoms with Crippen molar-refractivity contribution in [2.24, 2.45) is 0 Å². The maximum absolute atomic E-state index is 12.1. The van der Waals surface area contributed by atoms with Crippen LogP contribution >= 0.6 is 11.6 Å². The minimum atomic E-state index is -0.445. The number of halogens is 1. The Kier molecular flexibility index (Phi) is 6.74. The number of ether oxygens (including phenoxy) is 1. The summed E-state index contributed by atoms with van der Waals surface area (Å²) in [7, 11) is 1.31. The summed E-state index contributed by atoms with van der Waals surface area (Å²) in [6, 6.07) is 13.1. The zero-order valence-electron chi connectivity index (χ0n) is 14.5. The van der Waals surface area contributed by atoms with Crippen LogP contribution < -0.4 is 10.2 Å². The topological polar surface area (TPSA) is 75.7 Å². The molecule has 0 heterocycles. The molecule has 0 saturated carbocycles. The fourth-order valence-electron chi connectivity index (χ4n) is 2.38. The molecule has 0 aliphatic rings. The van der Waals surface area contributed by atoms with Crippen molar-refractivity contribution in [1.29, 1.82) is 0 Å². The second-order valence-electron chi connectivity index (χ2n) is 5.48. The van der Waals surface area contributed by atoms with E-state index in [4.69, 9.17) is 11.6 Å². The summed E-state index contributed by atoms with van der Waals surface area (Å²) in [5.74, 6) is -0.885. The summed E-state index contributed by atoms with van der Waals surface area (Å²) in [5, 5.41) is 3.23. The highest BCUT2D eigenvalue weighted by atomic mass is 35.5. The second-order valence-corrected chi connectivity index (χ2v) is 5.91. The molecule has 136 valence electrons. The molecule has 0 aliphatic carbocycles. The largest absolute Gasteiger partial charge is 0.465 e. The Morgan fingerprint density at radius 2 is 1.77 bits per heavy atom. The molecule has 0 saturated heterocycles. The van der Waals surface area contributed by atoms with Gasteiger partial charge in [-0.25, -0.2) is 4.79 Å². The Labute approximate surface area is 156 Å². The fraction of sp³-hybridized carbons (Fsp3) is 0.211. The van der Waals surface area contributed by atoms with E-state index >= 15 is 0 Å². The first-order chi connectivity index (χ1) is 12.4. The number of anilines is 1. The van der Waals surface area contributed by atoms with Crippen LogP contribution in [0.4, 0.5) is 5.69 Å². The number of hydrogen-bond acceptors (Lipinski definition) is 4. The molecule has 7 heteroatoms. The van der Waals surface area contributed by atoms with E-state index in [1.54, 1.807) is 48.5 Å². The summed E-state index contributed by atoms with van der Waals surface area (Å²) >= 11 is 5.87. The van der Waals surface area contributed by atoms with Crippen LogP contribution in [0.2, 0.25) is 5.02 Å². The lowest BCUT2D eigenvalue weighted by atomic mass is 10.2. The molecule has 0 spiro atoms. The summed E-state index contributed by atoms with van der Waals surface area (Å²) in [5.41, 5.74) is 1.48. The maximum Gasteiger partial charge on any atom is 0.337 e. The van der Waals surface area contributed by atoms with E-state index in [-0.39, 0.29) is 18.4 Å². The van der Waals surface area contributed by atoms with Gasteiger partial charge in [0.1, 0.15) is 0 Å². The average Bonchev–Trinajstić information content (AvgIpc) is 2.64. The van der Waals surface area contributed by atoms with Gasteiger partial charge in [0.2, 0.25) is 5.91 Å². The Bertz CT molecular complexity index is 805. The van der Waals surface area contributed by atoms with Crippen LogP contribution in [0.5, 0.6) is 0 Å². The van der Waals surface area contributed by atoms with Gasteiger partial charge in [-0.3, -0.25) is 9.59 Å². The third-order valence-electron chi connectivity index (χ3n) is 3.69. The number of amides is 2. The van der Waals surface area contributed by atoms with Crippen molar-refractivity contribution in [2.75, 3.05) is 25.1 Å². The van der Waals surface area contributed by atoms with Gasteiger partial charge in [0, 0.05) is 36.3 Å². The summed E-state index contributed by atoms with van der Waals surface area (Å²) in [4.78, 5) is 37.0. The Hall–Kier alpha value is -2.86. The van der Waals surface area contributed by atoms with E-state index in [0.717, 1.165) is 0 Å². The van der Waals surface area contributed by atoms with Crippen molar-refractivity contribution < 1.29 is 19.1 Å². The highest BCUT2D eigenvalue weighted by molar-refractivity contribution is 6.30. The minimum absolute atomic E-state index is 0.173. The number of nitrogens with zero attached hydrogens (tertiary/aromatic N) is 1. The van der Waals surface area contributed by atoms with Crippen LogP contribution in [0.1, 0.15) is 27.6 Å². The number of nitrogens with one attached hydrogen (secondary N) is 1. The van der Waals surface area contributed by atoms with Gasteiger partial charge in [-0.2, -0.15) is 0 Å². The number of rotatable bonds is 6. The van der Waals surface area contributed by atoms with Crippen molar-refractivity contribution in [3.8, 4) is 0 Å². The highest BCUT2D eigenvalue weighted by Crippen LogP contribution is 2.16. The van der Waals surface area contributed by atoms with Crippen LogP contribution in [-0.4, -0.2) is 38.0 Å². The molecule has 0 aromatic heterocycles. The molecular formula is C19H19ClN2O4. The Balaban J connectivity index is 1.99. The maximum atomic E-state index is 12.1. The van der Waals surface area contributed by atoms with Crippen molar-refractivity contribution in [1.82, 2.24) is 5.32 Å². The van der Waals surface area contributed by atoms with Crippen LogP contribution in [0, 0.1) is 0 Å². The Morgan fingerprint density at radius 3 is 2.35 bits per heavy atom. The molecule has 0 aliphatic heterocycles. The van der Waals surface area contributed by atoms with E-state index < -0.39 is 5.97 Å². The predicted octanol–water partition coefficient (Wildman–Crippen LogP) is 2.91. The molecule has 2 rings (SSSR count). The van der Waals surface area contributed by atoms with Gasteiger partial charge >= 0.3 is 5.97 Å². The first-order valence-electron chi connectivity index (χ1n) is 7.92. The summed E-state index contributed by atoms with van der Waals surface area (Å²) in [6.07, 6.45) is 0. The molecule has 0 fully saturated rings. The van der Waals surface area contributed by atoms with Gasteiger partial charge in [0.15, 0.2) is 0 Å². The van der Waals surface area contributed by atoms with Gasteiger partial charge < -0.3 is 15.0 Å². The number of methoxy groups -OCH3 is 1. The first kappa shape index (κ1) is 19.5. The normalized spacial score (nSPS) is 10.1. The molecule has 2 amide bonds. The number of hydrogen-bond donors (Lipinski definition) is 1. The highest BCUT2D eigenvalue weighted by Gasteiger charge is 2.13. The van der Waals surface area contributed by atoms with Crippen LogP contribution in [0.15, 0.2) is 48.5 Å². The smallest absolute Gasteiger partial charge is 0.337 e. The van der Waals surface area contributed by atoms with Gasteiger partial charge in [0.25, 0.3) is 5.91 Å². The predicted molar refractivity (Wildman–Crippen MR) is 99.6 cm³/mol. The van der Waals surface area contributed by atoms with Crippen LogP contribution in [-0.2, 0) is 9.53 Å². The minimum Gasteiger partial charge on any atom is -0.465 e. The quantitative estimate of drug-likeness (QED) is 0.789. The number of esters is 1. The second kappa shape index (κ2) is 9.01. The summed E-state index contributed by atoms with van der Waals surface area (Å²) in [6.45, 7) is 2.00. The van der Waals surface area contributed by atoms with Gasteiger partial charge in [-0.15, -0.1) is 0 Å². The molecule has 2 aromatic carbocycles. The van der Waals surface area contributed by atoms with Gasteiger partial charge in [0.05, 0.1) is 12.7 Å². The van der Waals surface area contributed by atoms with Crippen LogP contribution in [0.25, 0.3) is 0 Å². The number of carbonyl (C=O) groups excluding carboxylic acids is 3. The van der Waals surface area contributed by atoms with Crippen molar-refractivity contribution in [2.45, 2.75) is 6.92 Å². The van der Waals surface area contributed by atoms with Gasteiger partial charge in [-0.1, -0.05) is 17.7 Å².